The zero-order valence-electron chi connectivity index (χ0n) is 15.9. The van der Waals surface area contributed by atoms with Crippen molar-refractivity contribution in [2.75, 3.05) is 5.32 Å². The summed E-state index contributed by atoms with van der Waals surface area (Å²) in [6.07, 6.45) is 4.69. The van der Waals surface area contributed by atoms with Gasteiger partial charge in [-0.2, -0.15) is 10.2 Å². The molecule has 1 amide bonds. The lowest BCUT2D eigenvalue weighted by atomic mass is 10.2. The third-order valence-electron chi connectivity index (χ3n) is 4.45. The summed E-state index contributed by atoms with van der Waals surface area (Å²) in [6, 6.07) is 19.1. The first-order valence-corrected chi connectivity index (χ1v) is 9.68. The molecule has 0 bridgehead atoms. The third-order valence-corrected chi connectivity index (χ3v) is 4.68. The van der Waals surface area contributed by atoms with Gasteiger partial charge < -0.3 is 5.32 Å². The van der Waals surface area contributed by atoms with Crippen LogP contribution in [0.25, 0.3) is 11.4 Å². The molecule has 146 valence electrons. The number of anilines is 1. The molecule has 6 nitrogen and oxygen atoms in total. The summed E-state index contributed by atoms with van der Waals surface area (Å²) in [7, 11) is 0. The van der Waals surface area contributed by atoms with Crippen LogP contribution in [0.15, 0.2) is 73.1 Å². The average molecular weight is 406 g/mol. The number of hydrogen-bond acceptors (Lipinski definition) is 3. The molecule has 0 radical (unpaired) electrons. The normalized spacial score (nSPS) is 10.8. The van der Waals surface area contributed by atoms with Crippen molar-refractivity contribution in [2.24, 2.45) is 0 Å². The van der Waals surface area contributed by atoms with Crippen LogP contribution in [0.1, 0.15) is 17.7 Å². The standard InChI is InChI=1S/C22H20ClN5O/c1-16-12-21(28(26-16)20-9-5-6-18(23)13-20)25-22(29)11-10-17-14-24-27(15-17)19-7-3-2-4-8-19/h2-9,12-15H,10-11H2,1H3,(H,25,29). The van der Waals surface area contributed by atoms with Crippen molar-refractivity contribution in [1.29, 1.82) is 0 Å². The van der Waals surface area contributed by atoms with E-state index in [1.54, 1.807) is 16.9 Å². The number of nitrogens with zero attached hydrogens (tertiary/aromatic N) is 4. The van der Waals surface area contributed by atoms with E-state index in [1.165, 1.54) is 0 Å². The Balaban J connectivity index is 1.42. The number of benzene rings is 2. The van der Waals surface area contributed by atoms with E-state index in [9.17, 15) is 4.79 Å². The minimum Gasteiger partial charge on any atom is -0.311 e. The van der Waals surface area contributed by atoms with Crippen molar-refractivity contribution >= 4 is 23.3 Å². The maximum atomic E-state index is 12.5. The third kappa shape index (κ3) is 4.55. The molecule has 0 saturated heterocycles. The SMILES string of the molecule is Cc1cc(NC(=O)CCc2cnn(-c3ccccc3)c2)n(-c2cccc(Cl)c2)n1. The Bertz CT molecular complexity index is 1130. The van der Waals surface area contributed by atoms with Crippen LogP contribution < -0.4 is 5.32 Å². The number of rotatable bonds is 6. The zero-order chi connectivity index (χ0) is 20.2. The van der Waals surface area contributed by atoms with Gasteiger partial charge in [-0.3, -0.25) is 4.79 Å². The van der Waals surface area contributed by atoms with Crippen LogP contribution in [0.3, 0.4) is 0 Å². The number of carbonyl (C=O) groups excluding carboxylic acids is 1. The monoisotopic (exact) mass is 405 g/mol. The van der Waals surface area contributed by atoms with Gasteiger partial charge in [0, 0.05) is 23.7 Å². The van der Waals surface area contributed by atoms with E-state index in [0.29, 0.717) is 23.7 Å². The van der Waals surface area contributed by atoms with Crippen LogP contribution in [0, 0.1) is 6.92 Å². The van der Waals surface area contributed by atoms with E-state index < -0.39 is 0 Å². The van der Waals surface area contributed by atoms with Crippen molar-refractivity contribution in [3.63, 3.8) is 0 Å². The first-order valence-electron chi connectivity index (χ1n) is 9.30. The van der Waals surface area contributed by atoms with Gasteiger partial charge in [0.05, 0.1) is 23.3 Å². The fourth-order valence-corrected chi connectivity index (χ4v) is 3.25. The highest BCUT2D eigenvalue weighted by atomic mass is 35.5. The molecule has 4 aromatic rings. The summed E-state index contributed by atoms with van der Waals surface area (Å²) in [5.41, 5.74) is 3.60. The Morgan fingerprint density at radius 1 is 1.07 bits per heavy atom. The maximum absolute atomic E-state index is 12.5. The van der Waals surface area contributed by atoms with Crippen molar-refractivity contribution in [1.82, 2.24) is 19.6 Å². The van der Waals surface area contributed by atoms with E-state index in [0.717, 1.165) is 22.6 Å². The molecule has 0 unspecified atom stereocenters. The predicted molar refractivity (Wildman–Crippen MR) is 114 cm³/mol. The van der Waals surface area contributed by atoms with Gasteiger partial charge >= 0.3 is 0 Å². The molecule has 0 aliphatic heterocycles. The molecular formula is C22H20ClN5O. The number of aromatic nitrogens is 4. The summed E-state index contributed by atoms with van der Waals surface area (Å²) in [5.74, 6) is 0.537. The molecule has 0 saturated carbocycles. The number of nitrogens with one attached hydrogen (secondary N) is 1. The van der Waals surface area contributed by atoms with Gasteiger partial charge in [0.25, 0.3) is 0 Å². The molecule has 2 aromatic heterocycles. The van der Waals surface area contributed by atoms with Gasteiger partial charge in [0.2, 0.25) is 5.91 Å². The summed E-state index contributed by atoms with van der Waals surface area (Å²) in [5, 5.41) is 12.4. The van der Waals surface area contributed by atoms with Gasteiger partial charge in [0.15, 0.2) is 0 Å². The van der Waals surface area contributed by atoms with E-state index in [-0.39, 0.29) is 5.91 Å². The van der Waals surface area contributed by atoms with Crippen LogP contribution in [0.4, 0.5) is 5.82 Å². The smallest absolute Gasteiger partial charge is 0.225 e. The predicted octanol–water partition coefficient (Wildman–Crippen LogP) is 4.59. The van der Waals surface area contributed by atoms with Crippen LogP contribution >= 0.6 is 11.6 Å². The van der Waals surface area contributed by atoms with Crippen LogP contribution in [-0.4, -0.2) is 25.5 Å². The molecular weight excluding hydrogens is 386 g/mol. The Morgan fingerprint density at radius 3 is 2.66 bits per heavy atom. The molecule has 0 aliphatic rings. The number of aryl methyl sites for hydroxylation is 2. The van der Waals surface area contributed by atoms with Gasteiger partial charge in [0.1, 0.15) is 5.82 Å². The van der Waals surface area contributed by atoms with Crippen molar-refractivity contribution < 1.29 is 4.79 Å². The second kappa shape index (κ2) is 8.32. The highest BCUT2D eigenvalue weighted by Gasteiger charge is 2.12. The molecule has 0 spiro atoms. The number of carbonyl (C=O) groups is 1. The average Bonchev–Trinajstić information content (AvgIpc) is 3.34. The molecule has 4 rings (SSSR count). The fourth-order valence-electron chi connectivity index (χ4n) is 3.07. The largest absolute Gasteiger partial charge is 0.311 e. The minimum absolute atomic E-state index is 0.0827. The van der Waals surface area contributed by atoms with Crippen LogP contribution in [0.2, 0.25) is 5.02 Å². The molecule has 2 heterocycles. The highest BCUT2D eigenvalue weighted by molar-refractivity contribution is 6.30. The lowest BCUT2D eigenvalue weighted by Crippen LogP contribution is -2.15. The first-order chi connectivity index (χ1) is 14.1. The molecule has 0 aliphatic carbocycles. The van der Waals surface area contributed by atoms with E-state index in [4.69, 9.17) is 11.6 Å². The van der Waals surface area contributed by atoms with Crippen molar-refractivity contribution in [3.8, 4) is 11.4 Å². The second-order valence-corrected chi connectivity index (χ2v) is 7.18. The molecule has 2 aromatic carbocycles. The fraction of sp³-hybridized carbons (Fsp3) is 0.136. The van der Waals surface area contributed by atoms with E-state index >= 15 is 0 Å². The number of para-hydroxylation sites is 1. The lowest BCUT2D eigenvalue weighted by molar-refractivity contribution is -0.116. The Labute approximate surface area is 173 Å². The van der Waals surface area contributed by atoms with Gasteiger partial charge in [-0.1, -0.05) is 35.9 Å². The Hall–Kier alpha value is -3.38. The zero-order valence-corrected chi connectivity index (χ0v) is 16.7. The summed E-state index contributed by atoms with van der Waals surface area (Å²) < 4.78 is 3.50. The molecule has 0 atom stereocenters. The molecule has 29 heavy (non-hydrogen) atoms. The number of hydrogen-bond donors (Lipinski definition) is 1. The molecule has 7 heteroatoms. The maximum Gasteiger partial charge on any atom is 0.225 e. The van der Waals surface area contributed by atoms with Crippen LogP contribution in [-0.2, 0) is 11.2 Å². The first kappa shape index (κ1) is 19.0. The lowest BCUT2D eigenvalue weighted by Gasteiger charge is -2.09. The Morgan fingerprint density at radius 2 is 1.86 bits per heavy atom. The summed E-state index contributed by atoms with van der Waals surface area (Å²) >= 11 is 6.09. The van der Waals surface area contributed by atoms with Crippen molar-refractivity contribution in [2.45, 2.75) is 19.8 Å². The van der Waals surface area contributed by atoms with Crippen molar-refractivity contribution in [3.05, 3.63) is 89.3 Å². The van der Waals surface area contributed by atoms with Gasteiger partial charge in [-0.25, -0.2) is 9.36 Å². The minimum atomic E-state index is -0.0827. The van der Waals surface area contributed by atoms with Gasteiger partial charge in [-0.15, -0.1) is 0 Å². The summed E-state index contributed by atoms with van der Waals surface area (Å²) in [6.45, 7) is 1.88. The molecule has 1 N–H and O–H groups in total. The summed E-state index contributed by atoms with van der Waals surface area (Å²) in [4.78, 5) is 12.5. The number of amides is 1. The van der Waals surface area contributed by atoms with E-state index in [2.05, 4.69) is 15.5 Å². The number of halogens is 1. The highest BCUT2D eigenvalue weighted by Crippen LogP contribution is 2.20. The second-order valence-electron chi connectivity index (χ2n) is 6.74. The topological polar surface area (TPSA) is 64.7 Å². The molecule has 0 fully saturated rings. The quantitative estimate of drug-likeness (QED) is 0.510. The van der Waals surface area contributed by atoms with Gasteiger partial charge in [-0.05, 0) is 49.2 Å². The van der Waals surface area contributed by atoms with E-state index in [1.807, 2.05) is 72.4 Å². The Kier molecular flexibility index (Phi) is 5.44. The van der Waals surface area contributed by atoms with Crippen LogP contribution in [0.5, 0.6) is 0 Å².